The van der Waals surface area contributed by atoms with Crippen LogP contribution in [-0.2, 0) is 12.8 Å². The van der Waals surface area contributed by atoms with Crippen LogP contribution in [0.15, 0.2) is 29.4 Å². The van der Waals surface area contributed by atoms with E-state index < -0.39 is 0 Å². The molecule has 0 bridgehead atoms. The van der Waals surface area contributed by atoms with Crippen molar-refractivity contribution < 1.29 is 15.0 Å². The Morgan fingerprint density at radius 1 is 1.33 bits per heavy atom. The third kappa shape index (κ3) is 3.43. The fourth-order valence-corrected chi connectivity index (χ4v) is 4.11. The second-order valence-corrected chi connectivity index (χ2v) is 7.38. The quantitative estimate of drug-likeness (QED) is 0.453. The number of benzene rings is 1. The number of carbonyl (C=O) groups excluding carboxylic acids is 1. The Bertz CT molecular complexity index is 811. The second-order valence-electron chi connectivity index (χ2n) is 6.25. The molecule has 1 unspecified atom stereocenters. The highest BCUT2D eigenvalue weighted by Gasteiger charge is 2.20. The molecule has 1 aliphatic carbocycles. The number of phenolic OH excluding ortho intramolecular Hbond substituents is 2. The van der Waals surface area contributed by atoms with Crippen molar-refractivity contribution in [1.82, 2.24) is 5.43 Å². The molecule has 6 heteroatoms. The average molecular weight is 344 g/mol. The van der Waals surface area contributed by atoms with Crippen LogP contribution in [0.3, 0.4) is 0 Å². The molecule has 0 spiro atoms. The Balaban J connectivity index is 1.74. The highest BCUT2D eigenvalue weighted by atomic mass is 32.1. The molecule has 1 atom stereocenters. The van der Waals surface area contributed by atoms with E-state index in [1.807, 2.05) is 6.07 Å². The first-order valence-corrected chi connectivity index (χ1v) is 8.74. The number of rotatable bonds is 3. The van der Waals surface area contributed by atoms with Gasteiger partial charge in [0.25, 0.3) is 5.91 Å². The molecule has 0 fully saturated rings. The highest BCUT2D eigenvalue weighted by molar-refractivity contribution is 7.14. The standard InChI is InChI=1S/C18H20N2O3S/c1-10-3-4-12-8-17(24-16(12)7-10)18(23)20-19-11(2)14-9-13(21)5-6-15(14)22/h5-6,8-10,21-22H,3-4,7H2,1-2H3,(H,20,23). The molecule has 0 aliphatic heterocycles. The maximum absolute atomic E-state index is 12.3. The summed E-state index contributed by atoms with van der Waals surface area (Å²) < 4.78 is 0. The van der Waals surface area contributed by atoms with Crippen molar-refractivity contribution in [3.63, 3.8) is 0 Å². The number of nitrogens with one attached hydrogen (secondary N) is 1. The van der Waals surface area contributed by atoms with Crippen LogP contribution in [0.2, 0.25) is 0 Å². The molecule has 1 aliphatic rings. The smallest absolute Gasteiger partial charge is 0.281 e. The van der Waals surface area contributed by atoms with Gasteiger partial charge in [-0.3, -0.25) is 4.79 Å². The molecule has 126 valence electrons. The van der Waals surface area contributed by atoms with Crippen molar-refractivity contribution >= 4 is 23.0 Å². The Kier molecular flexibility index (Phi) is 4.57. The van der Waals surface area contributed by atoms with Crippen LogP contribution in [0.1, 0.15) is 45.9 Å². The Labute approximate surface area is 144 Å². The first-order valence-electron chi connectivity index (χ1n) is 7.92. The number of hydrogen-bond acceptors (Lipinski definition) is 5. The summed E-state index contributed by atoms with van der Waals surface area (Å²) >= 11 is 1.53. The van der Waals surface area contributed by atoms with E-state index in [0.29, 0.717) is 22.1 Å². The molecule has 1 heterocycles. The Morgan fingerprint density at radius 2 is 2.12 bits per heavy atom. The van der Waals surface area contributed by atoms with Gasteiger partial charge in [0.15, 0.2) is 0 Å². The summed E-state index contributed by atoms with van der Waals surface area (Å²) in [6.07, 6.45) is 3.23. The van der Waals surface area contributed by atoms with E-state index in [1.165, 1.54) is 46.4 Å². The predicted molar refractivity (Wildman–Crippen MR) is 95.0 cm³/mol. The lowest BCUT2D eigenvalue weighted by atomic mass is 9.90. The molecule has 3 N–H and O–H groups in total. The van der Waals surface area contributed by atoms with Gasteiger partial charge >= 0.3 is 0 Å². The normalized spacial score (nSPS) is 17.4. The molecular weight excluding hydrogens is 324 g/mol. The number of fused-ring (bicyclic) bond motifs is 1. The van der Waals surface area contributed by atoms with Crippen LogP contribution in [-0.4, -0.2) is 21.8 Å². The van der Waals surface area contributed by atoms with E-state index in [9.17, 15) is 15.0 Å². The first kappa shape index (κ1) is 16.5. The minimum absolute atomic E-state index is 0.00359. The fourth-order valence-electron chi connectivity index (χ4n) is 2.85. The summed E-state index contributed by atoms with van der Waals surface area (Å²) in [5.74, 6) is 0.453. The van der Waals surface area contributed by atoms with Gasteiger partial charge in [0.1, 0.15) is 11.5 Å². The molecule has 24 heavy (non-hydrogen) atoms. The fraction of sp³-hybridized carbons (Fsp3) is 0.333. The maximum atomic E-state index is 12.3. The maximum Gasteiger partial charge on any atom is 0.281 e. The zero-order valence-corrected chi connectivity index (χ0v) is 14.5. The molecule has 0 saturated carbocycles. The molecule has 1 amide bonds. The van der Waals surface area contributed by atoms with E-state index in [4.69, 9.17) is 0 Å². The number of aryl methyl sites for hydroxylation is 1. The molecule has 0 saturated heterocycles. The summed E-state index contributed by atoms with van der Waals surface area (Å²) in [6, 6.07) is 6.14. The van der Waals surface area contributed by atoms with Crippen LogP contribution >= 0.6 is 11.3 Å². The molecule has 5 nitrogen and oxygen atoms in total. The van der Waals surface area contributed by atoms with E-state index in [2.05, 4.69) is 17.5 Å². The number of amides is 1. The zero-order valence-electron chi connectivity index (χ0n) is 13.7. The minimum atomic E-state index is -0.249. The van der Waals surface area contributed by atoms with Crippen molar-refractivity contribution in [3.05, 3.63) is 45.1 Å². The van der Waals surface area contributed by atoms with Gasteiger partial charge in [0.05, 0.1) is 10.6 Å². The number of carbonyl (C=O) groups is 1. The van der Waals surface area contributed by atoms with Gasteiger partial charge < -0.3 is 10.2 Å². The SMILES string of the molecule is CC(=NNC(=O)c1cc2c(s1)CC(C)CC2)c1cc(O)ccc1O. The third-order valence-electron chi connectivity index (χ3n) is 4.26. The van der Waals surface area contributed by atoms with E-state index in [1.54, 1.807) is 6.92 Å². The van der Waals surface area contributed by atoms with Gasteiger partial charge in [-0.1, -0.05) is 6.92 Å². The molecule has 3 rings (SSSR count). The number of aromatic hydroxyl groups is 2. The summed E-state index contributed by atoms with van der Waals surface area (Å²) in [7, 11) is 0. The topological polar surface area (TPSA) is 81.9 Å². The van der Waals surface area contributed by atoms with Gasteiger partial charge in [-0.15, -0.1) is 11.3 Å². The lowest BCUT2D eigenvalue weighted by Crippen LogP contribution is -2.18. The predicted octanol–water partition coefficient (Wildman–Crippen LogP) is 3.44. The van der Waals surface area contributed by atoms with Crippen molar-refractivity contribution in [3.8, 4) is 11.5 Å². The summed E-state index contributed by atoms with van der Waals surface area (Å²) in [4.78, 5) is 14.3. The van der Waals surface area contributed by atoms with Crippen molar-refractivity contribution in [2.45, 2.75) is 33.1 Å². The van der Waals surface area contributed by atoms with Gasteiger partial charge in [-0.2, -0.15) is 5.10 Å². The van der Waals surface area contributed by atoms with Crippen LogP contribution in [0.4, 0.5) is 0 Å². The molecule has 1 aromatic carbocycles. The van der Waals surface area contributed by atoms with Gasteiger partial charge in [-0.05, 0) is 61.9 Å². The molecule has 1 aromatic heterocycles. The lowest BCUT2D eigenvalue weighted by Gasteiger charge is -2.16. The first-order chi connectivity index (χ1) is 11.4. The van der Waals surface area contributed by atoms with Crippen molar-refractivity contribution in [1.29, 1.82) is 0 Å². The van der Waals surface area contributed by atoms with Crippen LogP contribution in [0, 0.1) is 5.92 Å². The van der Waals surface area contributed by atoms with Gasteiger partial charge in [0, 0.05) is 10.4 Å². The number of hydrogen-bond donors (Lipinski definition) is 3. The summed E-state index contributed by atoms with van der Waals surface area (Å²) in [5, 5.41) is 23.4. The van der Waals surface area contributed by atoms with E-state index >= 15 is 0 Å². The number of phenols is 2. The number of hydrazone groups is 1. The second kappa shape index (κ2) is 6.65. The zero-order chi connectivity index (χ0) is 17.3. The average Bonchev–Trinajstić information content (AvgIpc) is 2.97. The van der Waals surface area contributed by atoms with Crippen LogP contribution < -0.4 is 5.43 Å². The van der Waals surface area contributed by atoms with E-state index in [0.717, 1.165) is 12.8 Å². The molecule has 0 radical (unpaired) electrons. The van der Waals surface area contributed by atoms with Crippen LogP contribution in [0.25, 0.3) is 0 Å². The Morgan fingerprint density at radius 3 is 2.92 bits per heavy atom. The summed E-state index contributed by atoms with van der Waals surface area (Å²) in [6.45, 7) is 3.90. The largest absolute Gasteiger partial charge is 0.508 e. The number of nitrogens with zero attached hydrogens (tertiary/aromatic N) is 1. The van der Waals surface area contributed by atoms with Crippen molar-refractivity contribution in [2.24, 2.45) is 11.0 Å². The monoisotopic (exact) mass is 344 g/mol. The van der Waals surface area contributed by atoms with Gasteiger partial charge in [0.2, 0.25) is 0 Å². The van der Waals surface area contributed by atoms with Crippen molar-refractivity contribution in [2.75, 3.05) is 0 Å². The third-order valence-corrected chi connectivity index (χ3v) is 5.45. The summed E-state index contributed by atoms with van der Waals surface area (Å²) in [5.41, 5.74) is 4.61. The minimum Gasteiger partial charge on any atom is -0.508 e. The van der Waals surface area contributed by atoms with Crippen LogP contribution in [0.5, 0.6) is 11.5 Å². The molecular formula is C18H20N2O3S. The molecule has 2 aromatic rings. The highest BCUT2D eigenvalue weighted by Crippen LogP contribution is 2.32. The van der Waals surface area contributed by atoms with E-state index in [-0.39, 0.29) is 17.4 Å². The van der Waals surface area contributed by atoms with Gasteiger partial charge in [-0.25, -0.2) is 5.43 Å². The lowest BCUT2D eigenvalue weighted by molar-refractivity contribution is 0.0959. The number of thiophene rings is 1. The Hall–Kier alpha value is -2.34.